The number of carbonyl (C=O) groups is 1. The van der Waals surface area contributed by atoms with E-state index in [2.05, 4.69) is 4.74 Å². The lowest BCUT2D eigenvalue weighted by Crippen LogP contribution is -2.18. The van der Waals surface area contributed by atoms with Gasteiger partial charge in [-0.05, 0) is 17.7 Å². The molecule has 0 amide bonds. The van der Waals surface area contributed by atoms with Crippen molar-refractivity contribution in [3.63, 3.8) is 0 Å². The van der Waals surface area contributed by atoms with Gasteiger partial charge in [0, 0.05) is 0 Å². The van der Waals surface area contributed by atoms with E-state index >= 15 is 0 Å². The van der Waals surface area contributed by atoms with Crippen LogP contribution in [0.5, 0.6) is 0 Å². The van der Waals surface area contributed by atoms with E-state index in [1.165, 1.54) is 6.07 Å². The fourth-order valence-electron chi connectivity index (χ4n) is 1.42. The first kappa shape index (κ1) is 14.1. The number of ether oxygens (including phenoxy) is 1. The van der Waals surface area contributed by atoms with E-state index < -0.39 is 24.0 Å². The molecule has 6 heteroatoms. The molecule has 0 saturated carbocycles. The minimum atomic E-state index is -1.37. The van der Waals surface area contributed by atoms with Gasteiger partial charge in [0.15, 0.2) is 0 Å². The highest BCUT2D eigenvalue weighted by atomic mass is 19.1. The Morgan fingerprint density at radius 2 is 2.22 bits per heavy atom. The molecule has 0 aromatic heterocycles. The van der Waals surface area contributed by atoms with Gasteiger partial charge in [-0.2, -0.15) is 5.26 Å². The maximum Gasteiger partial charge on any atom is 0.340 e. The van der Waals surface area contributed by atoms with Crippen molar-refractivity contribution in [1.82, 2.24) is 0 Å². The third kappa shape index (κ3) is 3.03. The van der Waals surface area contributed by atoms with Gasteiger partial charge in [0.25, 0.3) is 0 Å². The quantitative estimate of drug-likeness (QED) is 0.779. The van der Waals surface area contributed by atoms with Crippen molar-refractivity contribution in [1.29, 1.82) is 5.26 Å². The SMILES string of the molecule is COC(=O)c1cc(C(O)C(O)CC#N)ccc1F. The van der Waals surface area contributed by atoms with Gasteiger partial charge in [-0.25, -0.2) is 9.18 Å². The van der Waals surface area contributed by atoms with Gasteiger partial charge in [-0.3, -0.25) is 0 Å². The van der Waals surface area contributed by atoms with Crippen molar-refractivity contribution in [2.24, 2.45) is 0 Å². The molecule has 1 aromatic carbocycles. The summed E-state index contributed by atoms with van der Waals surface area (Å²) in [5.41, 5.74) is -0.197. The number of methoxy groups -OCH3 is 1. The minimum Gasteiger partial charge on any atom is -0.465 e. The molecular formula is C12H12FNO4. The largest absolute Gasteiger partial charge is 0.465 e. The summed E-state index contributed by atoms with van der Waals surface area (Å²) in [4.78, 5) is 11.2. The maximum atomic E-state index is 13.3. The zero-order valence-corrected chi connectivity index (χ0v) is 9.63. The summed E-state index contributed by atoms with van der Waals surface area (Å²) in [6.07, 6.45) is -2.94. The fourth-order valence-corrected chi connectivity index (χ4v) is 1.42. The van der Waals surface area contributed by atoms with E-state index in [1.54, 1.807) is 6.07 Å². The molecule has 2 N–H and O–H groups in total. The highest BCUT2D eigenvalue weighted by Crippen LogP contribution is 2.21. The molecule has 0 fully saturated rings. The van der Waals surface area contributed by atoms with Gasteiger partial charge < -0.3 is 14.9 Å². The number of nitrogens with zero attached hydrogens (tertiary/aromatic N) is 1. The van der Waals surface area contributed by atoms with Gasteiger partial charge in [-0.1, -0.05) is 6.07 Å². The Labute approximate surface area is 103 Å². The molecule has 96 valence electrons. The second-order valence-corrected chi connectivity index (χ2v) is 3.61. The van der Waals surface area contributed by atoms with Crippen LogP contribution in [-0.2, 0) is 4.74 Å². The Morgan fingerprint density at radius 1 is 1.56 bits per heavy atom. The molecule has 0 aliphatic heterocycles. The number of hydrogen-bond donors (Lipinski definition) is 2. The molecule has 0 aliphatic carbocycles. The highest BCUT2D eigenvalue weighted by Gasteiger charge is 2.21. The van der Waals surface area contributed by atoms with Crippen LogP contribution in [0.1, 0.15) is 28.4 Å². The van der Waals surface area contributed by atoms with Crippen LogP contribution < -0.4 is 0 Å². The molecule has 0 bridgehead atoms. The van der Waals surface area contributed by atoms with Crippen molar-refractivity contribution < 1.29 is 24.1 Å². The first-order valence-electron chi connectivity index (χ1n) is 5.12. The Morgan fingerprint density at radius 3 is 2.78 bits per heavy atom. The summed E-state index contributed by atoms with van der Waals surface area (Å²) in [5.74, 6) is -1.66. The molecule has 5 nitrogen and oxygen atoms in total. The first-order chi connectivity index (χ1) is 8.51. The van der Waals surface area contributed by atoms with E-state index in [0.717, 1.165) is 19.2 Å². The molecule has 1 aromatic rings. The Balaban J connectivity index is 3.05. The molecule has 18 heavy (non-hydrogen) atoms. The number of aliphatic hydroxyl groups excluding tert-OH is 2. The molecule has 0 heterocycles. The van der Waals surface area contributed by atoms with Crippen LogP contribution >= 0.6 is 0 Å². The molecule has 0 spiro atoms. The Bertz CT molecular complexity index is 483. The van der Waals surface area contributed by atoms with Crippen molar-refractivity contribution in [2.75, 3.05) is 7.11 Å². The van der Waals surface area contributed by atoms with E-state index in [1.807, 2.05) is 0 Å². The summed E-state index contributed by atoms with van der Waals surface area (Å²) >= 11 is 0. The van der Waals surface area contributed by atoms with Crippen LogP contribution in [0.3, 0.4) is 0 Å². The smallest absolute Gasteiger partial charge is 0.340 e. The minimum absolute atomic E-state index is 0.138. The second-order valence-electron chi connectivity index (χ2n) is 3.61. The Kier molecular flexibility index (Phi) is 4.77. The van der Waals surface area contributed by atoms with Gasteiger partial charge in [0.2, 0.25) is 0 Å². The summed E-state index contributed by atoms with van der Waals surface area (Å²) in [6.45, 7) is 0. The van der Waals surface area contributed by atoms with Gasteiger partial charge >= 0.3 is 5.97 Å². The second kappa shape index (κ2) is 6.10. The van der Waals surface area contributed by atoms with Crippen LogP contribution in [0.15, 0.2) is 18.2 Å². The number of benzene rings is 1. The molecule has 2 atom stereocenters. The Hall–Kier alpha value is -1.97. The van der Waals surface area contributed by atoms with Crippen molar-refractivity contribution in [3.8, 4) is 6.07 Å². The van der Waals surface area contributed by atoms with Crippen molar-refractivity contribution >= 4 is 5.97 Å². The zero-order chi connectivity index (χ0) is 13.7. The first-order valence-corrected chi connectivity index (χ1v) is 5.12. The fraction of sp³-hybridized carbons (Fsp3) is 0.333. The predicted octanol–water partition coefficient (Wildman–Crippen LogP) is 0.920. The number of nitriles is 1. The van der Waals surface area contributed by atoms with Crippen molar-refractivity contribution in [3.05, 3.63) is 35.1 Å². The standard InChI is InChI=1S/C12H12FNO4/c1-18-12(17)8-6-7(2-3-9(8)13)11(16)10(15)4-5-14/h2-3,6,10-11,15-16H,4H2,1H3. The lowest BCUT2D eigenvalue weighted by molar-refractivity contribution is 0.0214. The van der Waals surface area contributed by atoms with Gasteiger partial charge in [0.05, 0.1) is 31.3 Å². The van der Waals surface area contributed by atoms with Gasteiger partial charge in [-0.15, -0.1) is 0 Å². The topological polar surface area (TPSA) is 90.6 Å². The molecule has 1 rings (SSSR count). The van der Waals surface area contributed by atoms with Crippen molar-refractivity contribution in [2.45, 2.75) is 18.6 Å². The number of hydrogen-bond acceptors (Lipinski definition) is 5. The van der Waals surface area contributed by atoms with E-state index in [0.29, 0.717) is 0 Å². The molecule has 2 unspecified atom stereocenters. The van der Waals surface area contributed by atoms with Crippen LogP contribution in [-0.4, -0.2) is 29.4 Å². The normalized spacial score (nSPS) is 13.5. The summed E-state index contributed by atoms with van der Waals surface area (Å²) < 4.78 is 17.7. The number of halogens is 1. The molecular weight excluding hydrogens is 241 g/mol. The number of carbonyl (C=O) groups excluding carboxylic acids is 1. The molecule has 0 saturated heterocycles. The predicted molar refractivity (Wildman–Crippen MR) is 58.9 cm³/mol. The number of aliphatic hydroxyl groups is 2. The highest BCUT2D eigenvalue weighted by molar-refractivity contribution is 5.89. The van der Waals surface area contributed by atoms with Crippen LogP contribution in [0.2, 0.25) is 0 Å². The van der Waals surface area contributed by atoms with Crippen LogP contribution in [0, 0.1) is 17.1 Å². The summed E-state index contributed by atoms with van der Waals surface area (Å²) in [5, 5.41) is 27.6. The molecule has 0 radical (unpaired) electrons. The average Bonchev–Trinajstić information content (AvgIpc) is 2.38. The third-order valence-electron chi connectivity index (χ3n) is 2.40. The average molecular weight is 253 g/mol. The zero-order valence-electron chi connectivity index (χ0n) is 9.63. The summed E-state index contributed by atoms with van der Waals surface area (Å²) in [6, 6.07) is 5.01. The lowest BCUT2D eigenvalue weighted by Gasteiger charge is -2.16. The van der Waals surface area contributed by atoms with E-state index in [4.69, 9.17) is 5.26 Å². The number of rotatable bonds is 4. The van der Waals surface area contributed by atoms with Crippen LogP contribution in [0.4, 0.5) is 4.39 Å². The lowest BCUT2D eigenvalue weighted by atomic mass is 10.00. The monoisotopic (exact) mass is 253 g/mol. The van der Waals surface area contributed by atoms with E-state index in [9.17, 15) is 19.4 Å². The molecule has 0 aliphatic rings. The maximum absolute atomic E-state index is 13.3. The van der Waals surface area contributed by atoms with E-state index in [-0.39, 0.29) is 17.5 Å². The number of esters is 1. The van der Waals surface area contributed by atoms with Gasteiger partial charge in [0.1, 0.15) is 11.9 Å². The summed E-state index contributed by atoms with van der Waals surface area (Å²) in [7, 11) is 1.11. The van der Waals surface area contributed by atoms with Crippen LogP contribution in [0.25, 0.3) is 0 Å². The third-order valence-corrected chi connectivity index (χ3v) is 2.40.